The maximum absolute atomic E-state index is 5.39. The summed E-state index contributed by atoms with van der Waals surface area (Å²) in [6, 6.07) is 7.57. The molecule has 1 N–H and O–H groups in total. The third-order valence-corrected chi connectivity index (χ3v) is 4.98. The Balaban J connectivity index is 1.61. The standard InChI is InChI=1S/C17H16N4O2S/c1-3-15-19-10(2)16(24-15)12-6-7-18-17(21-12)20-11-4-5-13-14(8-11)23-9-22-13/h4-8H,3,9H2,1-2H3,(H,18,20,21). The fourth-order valence-electron chi connectivity index (χ4n) is 2.49. The molecule has 3 aromatic rings. The lowest BCUT2D eigenvalue weighted by atomic mass is 10.3. The maximum Gasteiger partial charge on any atom is 0.231 e. The maximum atomic E-state index is 5.39. The van der Waals surface area contributed by atoms with Gasteiger partial charge in [-0.05, 0) is 31.5 Å². The Kier molecular flexibility index (Phi) is 3.78. The van der Waals surface area contributed by atoms with E-state index < -0.39 is 0 Å². The number of benzene rings is 1. The van der Waals surface area contributed by atoms with Crippen LogP contribution in [0.4, 0.5) is 11.6 Å². The molecule has 0 bridgehead atoms. The van der Waals surface area contributed by atoms with Crippen LogP contribution in [-0.2, 0) is 6.42 Å². The molecule has 24 heavy (non-hydrogen) atoms. The number of rotatable bonds is 4. The highest BCUT2D eigenvalue weighted by atomic mass is 32.1. The first-order valence-electron chi connectivity index (χ1n) is 7.69. The second kappa shape index (κ2) is 6.09. The Morgan fingerprint density at radius 2 is 2.04 bits per heavy atom. The van der Waals surface area contributed by atoms with Crippen molar-refractivity contribution < 1.29 is 9.47 Å². The number of fused-ring (bicyclic) bond motifs is 1. The van der Waals surface area contributed by atoms with Crippen LogP contribution in [0.2, 0.25) is 0 Å². The molecule has 4 rings (SSSR count). The first-order valence-corrected chi connectivity index (χ1v) is 8.51. The largest absolute Gasteiger partial charge is 0.454 e. The molecule has 6 nitrogen and oxygen atoms in total. The van der Waals surface area contributed by atoms with Crippen molar-refractivity contribution in [3.63, 3.8) is 0 Å². The van der Waals surface area contributed by atoms with Gasteiger partial charge in [0.2, 0.25) is 12.7 Å². The average molecular weight is 340 g/mol. The molecule has 0 atom stereocenters. The van der Waals surface area contributed by atoms with Crippen molar-refractivity contribution in [3.05, 3.63) is 41.2 Å². The molecule has 0 aliphatic carbocycles. The van der Waals surface area contributed by atoms with Gasteiger partial charge in [0.25, 0.3) is 0 Å². The van der Waals surface area contributed by atoms with Gasteiger partial charge in [0.15, 0.2) is 11.5 Å². The van der Waals surface area contributed by atoms with Gasteiger partial charge >= 0.3 is 0 Å². The summed E-state index contributed by atoms with van der Waals surface area (Å²) in [4.78, 5) is 14.6. The van der Waals surface area contributed by atoms with Crippen LogP contribution in [0.15, 0.2) is 30.5 Å². The second-order valence-corrected chi connectivity index (χ2v) is 6.42. The Hall–Kier alpha value is -2.67. The van der Waals surface area contributed by atoms with Crippen molar-refractivity contribution in [2.24, 2.45) is 0 Å². The van der Waals surface area contributed by atoms with Crippen molar-refractivity contribution >= 4 is 23.0 Å². The molecule has 3 heterocycles. The number of aromatic nitrogens is 3. The zero-order chi connectivity index (χ0) is 16.5. The summed E-state index contributed by atoms with van der Waals surface area (Å²) >= 11 is 1.68. The average Bonchev–Trinajstić information content (AvgIpc) is 3.20. The highest BCUT2D eigenvalue weighted by Gasteiger charge is 2.14. The molecular formula is C17H16N4O2S. The second-order valence-electron chi connectivity index (χ2n) is 5.33. The van der Waals surface area contributed by atoms with E-state index in [2.05, 4.69) is 27.2 Å². The Morgan fingerprint density at radius 1 is 1.17 bits per heavy atom. The zero-order valence-electron chi connectivity index (χ0n) is 13.4. The van der Waals surface area contributed by atoms with E-state index >= 15 is 0 Å². The van der Waals surface area contributed by atoms with E-state index in [1.54, 1.807) is 17.5 Å². The molecule has 7 heteroatoms. The minimum Gasteiger partial charge on any atom is -0.454 e. The molecule has 0 saturated heterocycles. The van der Waals surface area contributed by atoms with Gasteiger partial charge < -0.3 is 14.8 Å². The number of ether oxygens (including phenoxy) is 2. The van der Waals surface area contributed by atoms with Gasteiger partial charge in [0.1, 0.15) is 0 Å². The van der Waals surface area contributed by atoms with Crippen molar-refractivity contribution in [1.29, 1.82) is 0 Å². The topological polar surface area (TPSA) is 69.2 Å². The summed E-state index contributed by atoms with van der Waals surface area (Å²) in [6.45, 7) is 4.38. The van der Waals surface area contributed by atoms with Crippen molar-refractivity contribution in [2.75, 3.05) is 12.1 Å². The number of nitrogens with one attached hydrogen (secondary N) is 1. The van der Waals surface area contributed by atoms with Crippen LogP contribution in [0.1, 0.15) is 17.6 Å². The fraction of sp³-hybridized carbons (Fsp3) is 0.235. The van der Waals surface area contributed by atoms with Crippen LogP contribution in [0.3, 0.4) is 0 Å². The molecule has 1 aliphatic rings. The normalized spacial score (nSPS) is 12.4. The monoisotopic (exact) mass is 340 g/mol. The highest BCUT2D eigenvalue weighted by molar-refractivity contribution is 7.15. The molecule has 1 aliphatic heterocycles. The number of hydrogen-bond acceptors (Lipinski definition) is 7. The van der Waals surface area contributed by atoms with E-state index in [0.29, 0.717) is 5.95 Å². The number of anilines is 2. The van der Waals surface area contributed by atoms with Gasteiger partial charge in [-0.15, -0.1) is 11.3 Å². The quantitative estimate of drug-likeness (QED) is 0.776. The number of thiazole rings is 1. The SMILES string of the molecule is CCc1nc(C)c(-c2ccnc(Nc3ccc4c(c3)OCO4)n2)s1. The predicted octanol–water partition coefficient (Wildman–Crippen LogP) is 3.94. The molecule has 0 saturated carbocycles. The number of hydrogen-bond donors (Lipinski definition) is 1. The van der Waals surface area contributed by atoms with Crippen LogP contribution in [0.5, 0.6) is 11.5 Å². The molecule has 0 spiro atoms. The molecule has 0 unspecified atom stereocenters. The van der Waals surface area contributed by atoms with Gasteiger partial charge in [-0.3, -0.25) is 0 Å². The first kappa shape index (κ1) is 14.9. The van der Waals surface area contributed by atoms with Crippen LogP contribution in [-0.4, -0.2) is 21.7 Å². The summed E-state index contributed by atoms with van der Waals surface area (Å²) < 4.78 is 10.7. The van der Waals surface area contributed by atoms with E-state index in [0.717, 1.165) is 44.9 Å². The summed E-state index contributed by atoms with van der Waals surface area (Å²) in [5, 5.41) is 4.33. The van der Waals surface area contributed by atoms with E-state index in [4.69, 9.17) is 9.47 Å². The Labute approximate surface area is 143 Å². The van der Waals surface area contributed by atoms with Crippen molar-refractivity contribution in [3.8, 4) is 22.1 Å². The summed E-state index contributed by atoms with van der Waals surface area (Å²) in [5.41, 5.74) is 2.74. The third-order valence-electron chi connectivity index (χ3n) is 3.66. The lowest BCUT2D eigenvalue weighted by Gasteiger charge is -2.07. The van der Waals surface area contributed by atoms with E-state index in [1.807, 2.05) is 31.2 Å². The minimum absolute atomic E-state index is 0.259. The molecular weight excluding hydrogens is 324 g/mol. The van der Waals surface area contributed by atoms with Crippen LogP contribution in [0, 0.1) is 6.92 Å². The zero-order valence-corrected chi connectivity index (χ0v) is 14.2. The minimum atomic E-state index is 0.259. The lowest BCUT2D eigenvalue weighted by molar-refractivity contribution is 0.174. The number of nitrogens with zero attached hydrogens (tertiary/aromatic N) is 3. The van der Waals surface area contributed by atoms with Crippen LogP contribution < -0.4 is 14.8 Å². The van der Waals surface area contributed by atoms with E-state index in [9.17, 15) is 0 Å². The molecule has 2 aromatic heterocycles. The first-order chi connectivity index (χ1) is 11.7. The number of aryl methyl sites for hydroxylation is 2. The van der Waals surface area contributed by atoms with Crippen LogP contribution in [0.25, 0.3) is 10.6 Å². The highest BCUT2D eigenvalue weighted by Crippen LogP contribution is 2.35. The molecule has 122 valence electrons. The molecule has 0 fully saturated rings. The Bertz CT molecular complexity index is 894. The summed E-state index contributed by atoms with van der Waals surface area (Å²) in [7, 11) is 0. The predicted molar refractivity (Wildman–Crippen MR) is 93.1 cm³/mol. The Morgan fingerprint density at radius 3 is 2.88 bits per heavy atom. The summed E-state index contributed by atoms with van der Waals surface area (Å²) in [5.74, 6) is 2.02. The molecule has 0 radical (unpaired) electrons. The third kappa shape index (κ3) is 2.78. The van der Waals surface area contributed by atoms with Crippen molar-refractivity contribution in [1.82, 2.24) is 15.0 Å². The van der Waals surface area contributed by atoms with Gasteiger partial charge in [-0.2, -0.15) is 0 Å². The fourth-order valence-corrected chi connectivity index (χ4v) is 3.46. The van der Waals surface area contributed by atoms with Gasteiger partial charge in [0, 0.05) is 18.0 Å². The molecule has 1 aromatic carbocycles. The lowest BCUT2D eigenvalue weighted by Crippen LogP contribution is -1.97. The van der Waals surface area contributed by atoms with Gasteiger partial charge in [-0.1, -0.05) is 6.92 Å². The van der Waals surface area contributed by atoms with Gasteiger partial charge in [0.05, 0.1) is 21.3 Å². The molecule has 0 amide bonds. The van der Waals surface area contributed by atoms with E-state index in [1.165, 1.54) is 0 Å². The van der Waals surface area contributed by atoms with Gasteiger partial charge in [-0.25, -0.2) is 15.0 Å². The summed E-state index contributed by atoms with van der Waals surface area (Å²) in [6.07, 6.45) is 2.68. The van der Waals surface area contributed by atoms with Crippen molar-refractivity contribution in [2.45, 2.75) is 20.3 Å². The smallest absolute Gasteiger partial charge is 0.231 e. The van der Waals surface area contributed by atoms with E-state index in [-0.39, 0.29) is 6.79 Å². The van der Waals surface area contributed by atoms with Crippen LogP contribution >= 0.6 is 11.3 Å².